The maximum Gasteiger partial charge on any atom is 0.183 e. The molecule has 0 fully saturated rings. The number of H-pyrrole nitrogens is 1. The number of tetrazole rings is 1. The van der Waals surface area contributed by atoms with Gasteiger partial charge in [-0.2, -0.15) is 13.4 Å². The van der Waals surface area contributed by atoms with Crippen LogP contribution < -0.4 is 5.32 Å². The number of aromatic nitrogens is 8. The second kappa shape index (κ2) is 8.24. The van der Waals surface area contributed by atoms with Crippen LogP contribution in [-0.4, -0.2) is 38.9 Å². The van der Waals surface area contributed by atoms with Gasteiger partial charge in [0, 0.05) is 5.69 Å². The smallest absolute Gasteiger partial charge is 0.183 e. The first-order chi connectivity index (χ1) is 17.0. The van der Waals surface area contributed by atoms with E-state index in [0.29, 0.717) is 5.82 Å². The lowest BCUT2D eigenvalue weighted by Gasteiger charge is -2.21. The van der Waals surface area contributed by atoms with Crippen LogP contribution in [-0.2, 0) is 5.41 Å². The van der Waals surface area contributed by atoms with Crippen LogP contribution in [0.15, 0.2) is 67.0 Å². The molecule has 1 atom stereocenters. The van der Waals surface area contributed by atoms with Gasteiger partial charge >= 0.3 is 0 Å². The number of nitrogens with zero attached hydrogens (tertiary/aromatic N) is 7. The highest BCUT2D eigenvalue weighted by Gasteiger charge is 2.24. The van der Waals surface area contributed by atoms with Crippen LogP contribution in [0.1, 0.15) is 43.8 Å². The zero-order valence-corrected chi connectivity index (χ0v) is 20.3. The van der Waals surface area contributed by atoms with Gasteiger partial charge in [-0.1, -0.05) is 39.0 Å². The van der Waals surface area contributed by atoms with Crippen LogP contribution in [0.3, 0.4) is 0 Å². The van der Waals surface area contributed by atoms with E-state index < -0.39 is 0 Å². The van der Waals surface area contributed by atoms with Crippen molar-refractivity contribution in [3.8, 4) is 5.69 Å². The lowest BCUT2D eigenvalue weighted by Crippen LogP contribution is -2.18. The van der Waals surface area contributed by atoms with Crippen LogP contribution >= 0.6 is 11.7 Å². The molecular weight excluding hydrogens is 458 g/mol. The van der Waals surface area contributed by atoms with Gasteiger partial charge in [0.05, 0.1) is 34.8 Å². The summed E-state index contributed by atoms with van der Waals surface area (Å²) in [6.07, 6.45) is 1.69. The topological polar surface area (TPSA) is 110 Å². The summed E-state index contributed by atoms with van der Waals surface area (Å²) < 4.78 is 10.5. The van der Waals surface area contributed by atoms with Crippen LogP contribution in [0.2, 0.25) is 0 Å². The van der Waals surface area contributed by atoms with Gasteiger partial charge in [-0.05, 0) is 69.4 Å². The third-order valence-corrected chi connectivity index (χ3v) is 6.63. The maximum absolute atomic E-state index is 4.44. The molecule has 6 aromatic rings. The Bertz CT molecular complexity index is 1620. The average Bonchev–Trinajstić information content (AvgIpc) is 3.62. The molecule has 0 aliphatic carbocycles. The molecule has 3 aromatic heterocycles. The second-order valence-electron chi connectivity index (χ2n) is 9.47. The quantitative estimate of drug-likeness (QED) is 0.355. The number of nitrogens with one attached hydrogen (secondary N) is 2. The fourth-order valence-corrected chi connectivity index (χ4v) is 4.64. The van der Waals surface area contributed by atoms with Gasteiger partial charge in [0.1, 0.15) is 17.1 Å². The van der Waals surface area contributed by atoms with E-state index in [4.69, 9.17) is 0 Å². The van der Waals surface area contributed by atoms with Crippen molar-refractivity contribution in [3.05, 3.63) is 83.9 Å². The highest BCUT2D eigenvalue weighted by atomic mass is 32.1. The summed E-state index contributed by atoms with van der Waals surface area (Å²) >= 11 is 1.20. The SMILES string of the molecule is CC(C)(C)c1ccc(-n2nnnc2C(Nc2ccc3[nH]cnc3c2)c2ccc3nsnc3c2)cc1. The predicted octanol–water partition coefficient (Wildman–Crippen LogP) is 5.04. The summed E-state index contributed by atoms with van der Waals surface area (Å²) in [5.74, 6) is 0.665. The number of hydrogen-bond donors (Lipinski definition) is 2. The van der Waals surface area contributed by atoms with E-state index >= 15 is 0 Å². The van der Waals surface area contributed by atoms with Crippen molar-refractivity contribution in [3.63, 3.8) is 0 Å². The third kappa shape index (κ3) is 4.01. The molecule has 1 unspecified atom stereocenters. The Hall–Kier alpha value is -4.18. The normalized spacial score (nSPS) is 12.9. The lowest BCUT2D eigenvalue weighted by molar-refractivity contribution is 0.590. The van der Waals surface area contributed by atoms with Crippen molar-refractivity contribution in [2.75, 3.05) is 5.32 Å². The zero-order chi connectivity index (χ0) is 24.0. The van der Waals surface area contributed by atoms with Crippen LogP contribution in [0.5, 0.6) is 0 Å². The molecule has 0 saturated carbocycles. The van der Waals surface area contributed by atoms with E-state index in [1.165, 1.54) is 17.3 Å². The van der Waals surface area contributed by atoms with Gasteiger partial charge in [0.25, 0.3) is 0 Å². The molecule has 0 saturated heterocycles. The summed E-state index contributed by atoms with van der Waals surface area (Å²) in [5, 5.41) is 16.4. The first-order valence-electron chi connectivity index (χ1n) is 11.3. The Morgan fingerprint density at radius 2 is 1.74 bits per heavy atom. The largest absolute Gasteiger partial charge is 0.371 e. The molecular formula is C25H23N9S. The van der Waals surface area contributed by atoms with Crippen molar-refractivity contribution >= 4 is 39.5 Å². The van der Waals surface area contributed by atoms with Crippen molar-refractivity contribution in [2.45, 2.75) is 32.2 Å². The number of hydrogen-bond acceptors (Lipinski definition) is 8. The molecule has 2 N–H and O–H groups in total. The minimum atomic E-state index is -0.338. The van der Waals surface area contributed by atoms with Gasteiger partial charge in [-0.3, -0.25) is 0 Å². The molecule has 0 aliphatic heterocycles. The van der Waals surface area contributed by atoms with Gasteiger partial charge < -0.3 is 10.3 Å². The van der Waals surface area contributed by atoms with Crippen LogP contribution in [0.25, 0.3) is 27.8 Å². The molecule has 174 valence electrons. The minimum Gasteiger partial charge on any atom is -0.371 e. The summed E-state index contributed by atoms with van der Waals surface area (Å²) in [6.45, 7) is 6.60. The van der Waals surface area contributed by atoms with Crippen molar-refractivity contribution in [1.29, 1.82) is 0 Å². The highest BCUT2D eigenvalue weighted by molar-refractivity contribution is 7.00. The molecule has 35 heavy (non-hydrogen) atoms. The van der Waals surface area contributed by atoms with E-state index in [1.54, 1.807) is 11.0 Å². The molecule has 10 heteroatoms. The molecule has 0 spiro atoms. The molecule has 3 heterocycles. The maximum atomic E-state index is 4.44. The fourth-order valence-electron chi connectivity index (χ4n) is 4.12. The van der Waals surface area contributed by atoms with E-state index in [-0.39, 0.29) is 11.5 Å². The summed E-state index contributed by atoms with van der Waals surface area (Å²) in [5.41, 5.74) is 7.66. The number of benzene rings is 3. The van der Waals surface area contributed by atoms with Gasteiger partial charge in [0.2, 0.25) is 0 Å². The minimum absolute atomic E-state index is 0.0634. The molecule has 3 aromatic carbocycles. The molecule has 0 aliphatic rings. The third-order valence-electron chi connectivity index (χ3n) is 6.07. The predicted molar refractivity (Wildman–Crippen MR) is 137 cm³/mol. The molecule has 0 bridgehead atoms. The number of fused-ring (bicyclic) bond motifs is 2. The standard InChI is InChI=1S/C25H23N9S/c1-25(2,3)16-5-8-18(9-6-16)34-24(29-32-33-34)23(15-4-10-20-22(12-15)31-35-30-20)28-17-7-11-19-21(13-17)27-14-26-19/h4-14,23,28H,1-3H3,(H,26,27). The highest BCUT2D eigenvalue weighted by Crippen LogP contribution is 2.30. The fraction of sp³-hybridized carbons (Fsp3) is 0.200. The Kier molecular flexibility index (Phi) is 5.03. The van der Waals surface area contributed by atoms with Crippen LogP contribution in [0, 0.1) is 0 Å². The van der Waals surface area contributed by atoms with E-state index in [0.717, 1.165) is 39.0 Å². The van der Waals surface area contributed by atoms with Crippen LogP contribution in [0.4, 0.5) is 5.69 Å². The molecule has 9 nitrogen and oxygen atoms in total. The van der Waals surface area contributed by atoms with Crippen molar-refractivity contribution in [2.24, 2.45) is 0 Å². The summed E-state index contributed by atoms with van der Waals surface area (Å²) in [6, 6.07) is 20.1. The van der Waals surface area contributed by atoms with Gasteiger partial charge in [-0.25, -0.2) is 4.98 Å². The lowest BCUT2D eigenvalue weighted by atomic mass is 9.87. The van der Waals surface area contributed by atoms with E-state index in [1.807, 2.05) is 36.4 Å². The Labute approximate surface area is 205 Å². The zero-order valence-electron chi connectivity index (χ0n) is 19.5. The first-order valence-corrected chi connectivity index (χ1v) is 12.0. The van der Waals surface area contributed by atoms with Crippen molar-refractivity contribution < 1.29 is 0 Å². The molecule has 6 rings (SSSR count). The number of imidazole rings is 1. The Morgan fingerprint density at radius 1 is 0.914 bits per heavy atom. The Morgan fingerprint density at radius 3 is 2.57 bits per heavy atom. The van der Waals surface area contributed by atoms with E-state index in [9.17, 15) is 0 Å². The second-order valence-corrected chi connectivity index (χ2v) is 10.00. The monoisotopic (exact) mass is 481 g/mol. The summed E-state index contributed by atoms with van der Waals surface area (Å²) in [4.78, 5) is 7.52. The Balaban J connectivity index is 1.44. The van der Waals surface area contributed by atoms with Crippen molar-refractivity contribution in [1.82, 2.24) is 38.9 Å². The number of anilines is 1. The molecule has 0 amide bonds. The van der Waals surface area contributed by atoms with Gasteiger partial charge in [-0.15, -0.1) is 5.10 Å². The number of rotatable bonds is 5. The summed E-state index contributed by atoms with van der Waals surface area (Å²) in [7, 11) is 0. The van der Waals surface area contributed by atoms with E-state index in [2.05, 4.69) is 84.6 Å². The van der Waals surface area contributed by atoms with Gasteiger partial charge in [0.15, 0.2) is 5.82 Å². The first kappa shape index (κ1) is 21.4. The molecule has 0 radical (unpaired) electrons. The number of aromatic amines is 1. The average molecular weight is 482 g/mol.